The summed E-state index contributed by atoms with van der Waals surface area (Å²) in [6.45, 7) is 2.03. The van der Waals surface area contributed by atoms with Gasteiger partial charge in [0.15, 0.2) is 11.5 Å². The zero-order chi connectivity index (χ0) is 13.9. The van der Waals surface area contributed by atoms with Crippen LogP contribution in [0.3, 0.4) is 0 Å². The van der Waals surface area contributed by atoms with Gasteiger partial charge in [0.1, 0.15) is 0 Å². The summed E-state index contributed by atoms with van der Waals surface area (Å²) in [6, 6.07) is 0. The zero-order valence-corrected chi connectivity index (χ0v) is 14.2. The standard InChI is InChI=1S/C11H11Br3O4/c1-2-3-4-5-6(12)7(13)8(14)9(15)10(5)18-11(16)17/h15H,2-4H2,1H3,(H,16,17). The molecule has 0 unspecified atom stereocenters. The Kier molecular flexibility index (Phi) is 5.94. The van der Waals surface area contributed by atoms with Crippen molar-refractivity contribution in [2.24, 2.45) is 0 Å². The fourth-order valence-corrected chi connectivity index (χ4v) is 3.10. The Bertz CT molecular complexity index is 474. The van der Waals surface area contributed by atoms with E-state index in [0.717, 1.165) is 12.8 Å². The minimum absolute atomic E-state index is 0.0297. The van der Waals surface area contributed by atoms with Crippen molar-refractivity contribution in [2.45, 2.75) is 26.2 Å². The molecule has 4 nitrogen and oxygen atoms in total. The second kappa shape index (κ2) is 6.77. The fourth-order valence-electron chi connectivity index (χ4n) is 1.45. The first kappa shape index (κ1) is 15.8. The van der Waals surface area contributed by atoms with Gasteiger partial charge in [0.2, 0.25) is 0 Å². The van der Waals surface area contributed by atoms with Crippen LogP contribution in [-0.4, -0.2) is 16.4 Å². The third-order valence-electron chi connectivity index (χ3n) is 2.32. The Hall–Kier alpha value is -0.270. The topological polar surface area (TPSA) is 66.8 Å². The van der Waals surface area contributed by atoms with Gasteiger partial charge < -0.3 is 14.9 Å². The van der Waals surface area contributed by atoms with E-state index in [1.807, 2.05) is 6.92 Å². The van der Waals surface area contributed by atoms with E-state index in [9.17, 15) is 9.90 Å². The lowest BCUT2D eigenvalue weighted by molar-refractivity contribution is 0.142. The van der Waals surface area contributed by atoms with Crippen LogP contribution in [0.1, 0.15) is 25.3 Å². The summed E-state index contributed by atoms with van der Waals surface area (Å²) >= 11 is 9.86. The van der Waals surface area contributed by atoms with Crippen LogP contribution in [0, 0.1) is 0 Å². The maximum absolute atomic E-state index is 10.7. The summed E-state index contributed by atoms with van der Waals surface area (Å²) in [6.07, 6.45) is 0.971. The highest BCUT2D eigenvalue weighted by atomic mass is 79.9. The zero-order valence-electron chi connectivity index (χ0n) is 9.47. The number of phenolic OH excluding ortho intramolecular Hbond substituents is 1. The minimum atomic E-state index is -1.45. The predicted octanol–water partition coefficient (Wildman–Crippen LogP) is 5.08. The molecular formula is C11H11Br3O4. The summed E-state index contributed by atoms with van der Waals surface area (Å²) in [7, 11) is 0. The van der Waals surface area contributed by atoms with Gasteiger partial charge in [-0.3, -0.25) is 0 Å². The molecule has 7 heteroatoms. The van der Waals surface area contributed by atoms with E-state index in [-0.39, 0.29) is 11.5 Å². The van der Waals surface area contributed by atoms with Crippen LogP contribution >= 0.6 is 47.8 Å². The van der Waals surface area contributed by atoms with Gasteiger partial charge in [0.05, 0.1) is 8.95 Å². The number of carbonyl (C=O) groups is 1. The average molecular weight is 447 g/mol. The first-order valence-corrected chi connectivity index (χ1v) is 7.57. The van der Waals surface area contributed by atoms with Crippen LogP contribution in [-0.2, 0) is 6.42 Å². The second-order valence-electron chi connectivity index (χ2n) is 3.57. The summed E-state index contributed by atoms with van der Waals surface area (Å²) in [5.74, 6) is -0.253. The molecule has 0 saturated heterocycles. The maximum Gasteiger partial charge on any atom is 0.511 e. The number of phenols is 1. The molecule has 0 radical (unpaired) electrons. The highest BCUT2D eigenvalue weighted by Gasteiger charge is 2.22. The molecule has 2 N–H and O–H groups in total. The molecule has 0 fully saturated rings. The van der Waals surface area contributed by atoms with Gasteiger partial charge in [-0.2, -0.15) is 0 Å². The number of carboxylic acid groups (broad SMARTS) is 1. The first-order chi connectivity index (χ1) is 8.40. The summed E-state index contributed by atoms with van der Waals surface area (Å²) in [4.78, 5) is 10.7. The maximum atomic E-state index is 10.7. The van der Waals surface area contributed by atoms with Crippen LogP contribution in [0.5, 0.6) is 11.5 Å². The van der Waals surface area contributed by atoms with Gasteiger partial charge in [-0.1, -0.05) is 13.3 Å². The van der Waals surface area contributed by atoms with Crippen molar-refractivity contribution >= 4 is 53.9 Å². The Morgan fingerprint density at radius 3 is 2.33 bits per heavy atom. The number of rotatable bonds is 4. The van der Waals surface area contributed by atoms with Gasteiger partial charge in [-0.15, -0.1) is 0 Å². The SMILES string of the molecule is CCCCc1c(Br)c(Br)c(Br)c(O)c1OC(=O)O. The number of ether oxygens (including phenoxy) is 1. The Labute approximate surface area is 130 Å². The van der Waals surface area contributed by atoms with E-state index < -0.39 is 6.16 Å². The van der Waals surface area contributed by atoms with Gasteiger partial charge >= 0.3 is 6.16 Å². The fraction of sp³-hybridized carbons (Fsp3) is 0.364. The van der Waals surface area contributed by atoms with Crippen molar-refractivity contribution in [2.75, 3.05) is 0 Å². The highest BCUT2D eigenvalue weighted by Crippen LogP contribution is 2.47. The lowest BCUT2D eigenvalue weighted by atomic mass is 10.1. The molecule has 0 heterocycles. The number of benzene rings is 1. The van der Waals surface area contributed by atoms with Crippen molar-refractivity contribution in [3.63, 3.8) is 0 Å². The summed E-state index contributed by atoms with van der Waals surface area (Å²) < 4.78 is 6.33. The van der Waals surface area contributed by atoms with E-state index >= 15 is 0 Å². The monoisotopic (exact) mass is 444 g/mol. The molecule has 0 saturated carbocycles. The van der Waals surface area contributed by atoms with Crippen LogP contribution in [0.25, 0.3) is 0 Å². The van der Waals surface area contributed by atoms with Crippen LogP contribution in [0.2, 0.25) is 0 Å². The summed E-state index contributed by atoms with van der Waals surface area (Å²) in [5.41, 5.74) is 0.631. The Morgan fingerprint density at radius 2 is 1.83 bits per heavy atom. The van der Waals surface area contributed by atoms with Gasteiger partial charge in [0, 0.05) is 10.0 Å². The largest absolute Gasteiger partial charge is 0.511 e. The molecule has 0 aliphatic carbocycles. The average Bonchev–Trinajstić information content (AvgIpc) is 2.32. The van der Waals surface area contributed by atoms with Gasteiger partial charge in [0.25, 0.3) is 0 Å². The first-order valence-electron chi connectivity index (χ1n) is 5.19. The van der Waals surface area contributed by atoms with Crippen molar-refractivity contribution < 1.29 is 19.7 Å². The van der Waals surface area contributed by atoms with E-state index in [0.29, 0.717) is 25.4 Å². The second-order valence-corrected chi connectivity index (χ2v) is 5.95. The molecule has 1 aromatic rings. The minimum Gasteiger partial charge on any atom is -0.503 e. The molecule has 0 spiro atoms. The number of unbranched alkanes of at least 4 members (excludes halogenated alkanes) is 1. The van der Waals surface area contributed by atoms with Crippen LogP contribution in [0.15, 0.2) is 13.4 Å². The van der Waals surface area contributed by atoms with Crippen molar-refractivity contribution in [3.05, 3.63) is 19.0 Å². The predicted molar refractivity (Wildman–Crippen MR) is 78.5 cm³/mol. The lowest BCUT2D eigenvalue weighted by Gasteiger charge is -2.15. The lowest BCUT2D eigenvalue weighted by Crippen LogP contribution is -2.07. The third-order valence-corrected chi connectivity index (χ3v) is 5.82. The molecule has 1 aromatic carbocycles. The normalized spacial score (nSPS) is 10.4. The summed E-state index contributed by atoms with van der Waals surface area (Å²) in [5, 5.41) is 18.7. The Balaban J connectivity index is 3.38. The quantitative estimate of drug-likeness (QED) is 0.384. The molecule has 0 atom stereocenters. The van der Waals surface area contributed by atoms with Crippen LogP contribution in [0.4, 0.5) is 4.79 Å². The van der Waals surface area contributed by atoms with E-state index in [1.54, 1.807) is 0 Å². The third kappa shape index (κ3) is 3.39. The van der Waals surface area contributed by atoms with Crippen LogP contribution < -0.4 is 4.74 Å². The molecule has 0 aromatic heterocycles. The van der Waals surface area contributed by atoms with E-state index in [4.69, 9.17) is 5.11 Å². The van der Waals surface area contributed by atoms with Gasteiger partial charge in [-0.25, -0.2) is 4.79 Å². The Morgan fingerprint density at radius 1 is 1.22 bits per heavy atom. The molecule has 0 bridgehead atoms. The van der Waals surface area contributed by atoms with Crippen molar-refractivity contribution in [1.82, 2.24) is 0 Å². The molecular weight excluding hydrogens is 436 g/mol. The van der Waals surface area contributed by atoms with Crippen molar-refractivity contribution in [3.8, 4) is 11.5 Å². The number of halogens is 3. The molecule has 0 aliphatic heterocycles. The van der Waals surface area contributed by atoms with Crippen molar-refractivity contribution in [1.29, 1.82) is 0 Å². The van der Waals surface area contributed by atoms with Gasteiger partial charge in [-0.05, 0) is 60.6 Å². The number of hydrogen-bond donors (Lipinski definition) is 2. The highest BCUT2D eigenvalue weighted by molar-refractivity contribution is 9.14. The molecule has 1 rings (SSSR count). The van der Waals surface area contributed by atoms with E-state index in [1.165, 1.54) is 0 Å². The molecule has 0 aliphatic rings. The number of aromatic hydroxyl groups is 1. The molecule has 100 valence electrons. The molecule has 0 amide bonds. The molecule has 18 heavy (non-hydrogen) atoms. The van der Waals surface area contributed by atoms with E-state index in [2.05, 4.69) is 52.5 Å². The number of hydrogen-bond acceptors (Lipinski definition) is 3. The smallest absolute Gasteiger partial charge is 0.503 e.